The molecule has 96 valence electrons. The summed E-state index contributed by atoms with van der Waals surface area (Å²) in [5.74, 6) is 0.497. The molecule has 0 fully saturated rings. The maximum atomic E-state index is 11.8. The Balaban J connectivity index is 2.60. The number of hydrogen-bond donors (Lipinski definition) is 2. The van der Waals surface area contributed by atoms with Crippen molar-refractivity contribution in [2.75, 3.05) is 6.61 Å². The van der Waals surface area contributed by atoms with Crippen LogP contribution in [0.15, 0.2) is 16.7 Å². The molecular weight excluding hydrogens is 218 g/mol. The lowest BCUT2D eigenvalue weighted by Crippen LogP contribution is -2.39. The van der Waals surface area contributed by atoms with Crippen LogP contribution in [0.5, 0.6) is 0 Å². The molecule has 4 nitrogen and oxygen atoms in total. The van der Waals surface area contributed by atoms with Crippen LogP contribution in [-0.2, 0) is 0 Å². The molecule has 4 heteroatoms. The van der Waals surface area contributed by atoms with Gasteiger partial charge in [0.25, 0.3) is 5.91 Å². The van der Waals surface area contributed by atoms with Crippen LogP contribution in [0.25, 0.3) is 0 Å². The summed E-state index contributed by atoms with van der Waals surface area (Å²) in [6.07, 6.45) is 2.16. The molecule has 0 aliphatic heterocycles. The fraction of sp³-hybridized carbons (Fsp3) is 0.615. The van der Waals surface area contributed by atoms with Crippen molar-refractivity contribution in [3.8, 4) is 0 Å². The predicted molar refractivity (Wildman–Crippen MR) is 65.9 cm³/mol. The summed E-state index contributed by atoms with van der Waals surface area (Å²) in [6, 6.07) is 1.46. The first-order valence-corrected chi connectivity index (χ1v) is 5.78. The highest BCUT2D eigenvalue weighted by Crippen LogP contribution is 2.20. The van der Waals surface area contributed by atoms with E-state index in [2.05, 4.69) is 26.1 Å². The smallest absolute Gasteiger partial charge is 0.254 e. The summed E-state index contributed by atoms with van der Waals surface area (Å²) in [5, 5.41) is 12.1. The van der Waals surface area contributed by atoms with Gasteiger partial charge in [-0.25, -0.2) is 0 Å². The highest BCUT2D eigenvalue weighted by atomic mass is 16.3. The van der Waals surface area contributed by atoms with Crippen molar-refractivity contribution in [2.45, 2.75) is 40.2 Å². The number of carbonyl (C=O) groups is 1. The van der Waals surface area contributed by atoms with Crippen molar-refractivity contribution in [2.24, 2.45) is 5.41 Å². The number of aliphatic hydroxyl groups is 1. The first-order valence-electron chi connectivity index (χ1n) is 5.78. The van der Waals surface area contributed by atoms with Gasteiger partial charge in [0.2, 0.25) is 0 Å². The monoisotopic (exact) mass is 239 g/mol. The van der Waals surface area contributed by atoms with Crippen molar-refractivity contribution in [1.82, 2.24) is 5.32 Å². The highest BCUT2D eigenvalue weighted by molar-refractivity contribution is 5.94. The molecule has 1 unspecified atom stereocenters. The molecule has 0 aliphatic rings. The van der Waals surface area contributed by atoms with Gasteiger partial charge in [-0.2, -0.15) is 0 Å². The van der Waals surface area contributed by atoms with Crippen LogP contribution in [0.1, 0.15) is 43.3 Å². The Morgan fingerprint density at radius 3 is 2.59 bits per heavy atom. The quantitative estimate of drug-likeness (QED) is 0.846. The minimum absolute atomic E-state index is 0.0557. The molecule has 0 spiro atoms. The summed E-state index contributed by atoms with van der Waals surface area (Å²) < 4.78 is 5.08. The van der Waals surface area contributed by atoms with E-state index >= 15 is 0 Å². The van der Waals surface area contributed by atoms with E-state index in [0.717, 1.165) is 6.42 Å². The van der Waals surface area contributed by atoms with Crippen LogP contribution < -0.4 is 5.32 Å². The zero-order valence-electron chi connectivity index (χ0n) is 10.9. The van der Waals surface area contributed by atoms with E-state index < -0.39 is 0 Å². The van der Waals surface area contributed by atoms with E-state index in [1.165, 1.54) is 6.26 Å². The van der Waals surface area contributed by atoms with Crippen molar-refractivity contribution < 1.29 is 14.3 Å². The Hall–Kier alpha value is -1.29. The maximum absolute atomic E-state index is 11.8. The average Bonchev–Trinajstić information content (AvgIpc) is 2.61. The summed E-state index contributed by atoms with van der Waals surface area (Å²) in [5.41, 5.74) is 0.558. The van der Waals surface area contributed by atoms with Crippen molar-refractivity contribution >= 4 is 5.91 Å². The van der Waals surface area contributed by atoms with Crippen molar-refractivity contribution in [1.29, 1.82) is 0 Å². The Labute approximate surface area is 102 Å². The van der Waals surface area contributed by atoms with Gasteiger partial charge in [-0.3, -0.25) is 4.79 Å². The molecule has 1 aromatic heterocycles. The van der Waals surface area contributed by atoms with Crippen LogP contribution in [0.3, 0.4) is 0 Å². The predicted octanol–water partition coefficient (Wildman–Crippen LogP) is 2.11. The molecule has 0 aliphatic carbocycles. The van der Waals surface area contributed by atoms with Gasteiger partial charge >= 0.3 is 0 Å². The first-order chi connectivity index (χ1) is 7.81. The zero-order chi connectivity index (χ0) is 13.1. The van der Waals surface area contributed by atoms with E-state index in [1.807, 2.05) is 0 Å². The summed E-state index contributed by atoms with van der Waals surface area (Å²) >= 11 is 0. The molecule has 1 heterocycles. The van der Waals surface area contributed by atoms with Gasteiger partial charge in [-0.15, -0.1) is 0 Å². The topological polar surface area (TPSA) is 62.5 Å². The number of amides is 1. The van der Waals surface area contributed by atoms with Crippen LogP contribution in [-0.4, -0.2) is 23.7 Å². The van der Waals surface area contributed by atoms with E-state index in [-0.39, 0.29) is 24.0 Å². The zero-order valence-corrected chi connectivity index (χ0v) is 10.9. The maximum Gasteiger partial charge on any atom is 0.254 e. The Bertz CT molecular complexity index is 376. The van der Waals surface area contributed by atoms with Gasteiger partial charge in [-0.05, 0) is 24.8 Å². The lowest BCUT2D eigenvalue weighted by atomic mass is 9.88. The number of hydrogen-bond acceptors (Lipinski definition) is 3. The Kier molecular flexibility index (Phi) is 4.34. The van der Waals surface area contributed by atoms with Gasteiger partial charge in [0, 0.05) is 0 Å². The molecule has 0 saturated heterocycles. The lowest BCUT2D eigenvalue weighted by molar-refractivity contribution is 0.0897. The second-order valence-electron chi connectivity index (χ2n) is 5.56. The number of furan rings is 1. The molecule has 17 heavy (non-hydrogen) atoms. The fourth-order valence-corrected chi connectivity index (χ4v) is 1.73. The number of aliphatic hydroxyl groups excluding tert-OH is 1. The van der Waals surface area contributed by atoms with Crippen LogP contribution in [0, 0.1) is 12.3 Å². The standard InChI is InChI=1S/C13H21NO3/c1-9-5-10(8-17-9)12(16)14-11(7-15)6-13(2,3)4/h5,8,11,15H,6-7H2,1-4H3,(H,14,16). The average molecular weight is 239 g/mol. The largest absolute Gasteiger partial charge is 0.469 e. The molecule has 0 radical (unpaired) electrons. The van der Waals surface area contributed by atoms with Crippen LogP contribution in [0.2, 0.25) is 0 Å². The Morgan fingerprint density at radius 2 is 2.18 bits per heavy atom. The fourth-order valence-electron chi connectivity index (χ4n) is 1.73. The van der Waals surface area contributed by atoms with Crippen LogP contribution in [0.4, 0.5) is 0 Å². The molecular formula is C13H21NO3. The second kappa shape index (κ2) is 5.36. The summed E-state index contributed by atoms with van der Waals surface area (Å²) in [6.45, 7) is 7.95. The molecule has 0 saturated carbocycles. The molecule has 2 N–H and O–H groups in total. The van der Waals surface area contributed by atoms with Gasteiger partial charge < -0.3 is 14.8 Å². The van der Waals surface area contributed by atoms with E-state index in [1.54, 1.807) is 13.0 Å². The molecule has 1 atom stereocenters. The normalized spacial score (nSPS) is 13.5. The van der Waals surface area contributed by atoms with E-state index in [4.69, 9.17) is 4.42 Å². The van der Waals surface area contributed by atoms with Gasteiger partial charge in [-0.1, -0.05) is 20.8 Å². The molecule has 0 bridgehead atoms. The number of nitrogens with one attached hydrogen (secondary N) is 1. The second-order valence-corrected chi connectivity index (χ2v) is 5.56. The van der Waals surface area contributed by atoms with E-state index in [9.17, 15) is 9.90 Å². The molecule has 1 aromatic rings. The third-order valence-electron chi connectivity index (χ3n) is 2.41. The number of carbonyl (C=O) groups excluding carboxylic acids is 1. The SMILES string of the molecule is Cc1cc(C(=O)NC(CO)CC(C)(C)C)co1. The number of rotatable bonds is 4. The van der Waals surface area contributed by atoms with Gasteiger partial charge in [0.05, 0.1) is 18.2 Å². The highest BCUT2D eigenvalue weighted by Gasteiger charge is 2.20. The third kappa shape index (κ3) is 4.61. The lowest BCUT2D eigenvalue weighted by Gasteiger charge is -2.25. The molecule has 0 aromatic carbocycles. The minimum atomic E-state index is -0.224. The molecule has 1 amide bonds. The number of aryl methyl sites for hydroxylation is 1. The van der Waals surface area contributed by atoms with Crippen LogP contribution >= 0.6 is 0 Å². The van der Waals surface area contributed by atoms with E-state index in [0.29, 0.717) is 11.3 Å². The van der Waals surface area contributed by atoms with Crippen molar-refractivity contribution in [3.63, 3.8) is 0 Å². The van der Waals surface area contributed by atoms with Crippen molar-refractivity contribution in [3.05, 3.63) is 23.7 Å². The van der Waals surface area contributed by atoms with Gasteiger partial charge in [0.1, 0.15) is 12.0 Å². The Morgan fingerprint density at radius 1 is 1.53 bits per heavy atom. The summed E-state index contributed by atoms with van der Waals surface area (Å²) in [4.78, 5) is 11.8. The minimum Gasteiger partial charge on any atom is -0.469 e. The van der Waals surface area contributed by atoms with Gasteiger partial charge in [0.15, 0.2) is 0 Å². The third-order valence-corrected chi connectivity index (χ3v) is 2.41. The molecule has 1 rings (SSSR count). The first kappa shape index (κ1) is 13.8. The summed E-state index contributed by atoms with van der Waals surface area (Å²) in [7, 11) is 0.